The molecule has 2 N–H and O–H groups in total. The van der Waals surface area contributed by atoms with Crippen LogP contribution in [0.15, 0.2) is 34.9 Å². The summed E-state index contributed by atoms with van der Waals surface area (Å²) < 4.78 is 24.1. The van der Waals surface area contributed by atoms with Crippen LogP contribution >= 0.6 is 0 Å². The normalized spacial score (nSPS) is 12.5. The molecule has 0 fully saturated rings. The average Bonchev–Trinajstić information content (AvgIpc) is 2.75. The summed E-state index contributed by atoms with van der Waals surface area (Å²) in [5.74, 6) is 0.512. The molecule has 1 heterocycles. The Morgan fingerprint density at radius 2 is 2.18 bits per heavy atom. The van der Waals surface area contributed by atoms with Gasteiger partial charge in [-0.25, -0.2) is 4.39 Å². The number of aryl methyl sites for hydroxylation is 1. The zero-order valence-electron chi connectivity index (χ0n) is 9.74. The maximum absolute atomic E-state index is 14.0. The van der Waals surface area contributed by atoms with Crippen LogP contribution in [0.25, 0.3) is 0 Å². The molecule has 0 saturated carbocycles. The molecule has 0 saturated heterocycles. The maximum Gasteiger partial charge on any atom is 0.170 e. The first-order valence-electron chi connectivity index (χ1n) is 5.26. The highest BCUT2D eigenvalue weighted by Crippen LogP contribution is 2.28. The molecule has 17 heavy (non-hydrogen) atoms. The number of halogens is 1. The Labute approximate surface area is 99.0 Å². The Bertz CT molecular complexity index is 522. The standard InChI is InChI=1S/C13H14FNO2/c1-8-6-9(7-17-8)13(15)10-4-3-5-11(16-2)12(10)14/h3-7,13H,15H2,1-2H3. The molecule has 2 rings (SSSR count). The van der Waals surface area contributed by atoms with Crippen LogP contribution in [0.2, 0.25) is 0 Å². The summed E-state index contributed by atoms with van der Waals surface area (Å²) in [7, 11) is 1.43. The van der Waals surface area contributed by atoms with Gasteiger partial charge in [0, 0.05) is 11.1 Å². The van der Waals surface area contributed by atoms with Crippen molar-refractivity contribution in [2.24, 2.45) is 5.73 Å². The fraction of sp³-hybridized carbons (Fsp3) is 0.231. The third-order valence-corrected chi connectivity index (χ3v) is 2.66. The van der Waals surface area contributed by atoms with Gasteiger partial charge < -0.3 is 14.9 Å². The van der Waals surface area contributed by atoms with Crippen LogP contribution in [0.1, 0.15) is 22.9 Å². The van der Waals surface area contributed by atoms with Gasteiger partial charge in [-0.05, 0) is 19.1 Å². The number of furan rings is 1. The molecule has 0 bridgehead atoms. The molecule has 2 aromatic rings. The van der Waals surface area contributed by atoms with Gasteiger partial charge in [-0.1, -0.05) is 12.1 Å². The minimum Gasteiger partial charge on any atom is -0.494 e. The molecule has 4 heteroatoms. The van der Waals surface area contributed by atoms with E-state index in [9.17, 15) is 4.39 Å². The second-order valence-corrected chi connectivity index (χ2v) is 3.83. The summed E-state index contributed by atoms with van der Waals surface area (Å²) in [5.41, 5.74) is 7.14. The van der Waals surface area contributed by atoms with Crippen molar-refractivity contribution < 1.29 is 13.5 Å². The molecular weight excluding hydrogens is 221 g/mol. The van der Waals surface area contributed by atoms with Gasteiger partial charge in [0.25, 0.3) is 0 Å². The molecule has 0 amide bonds. The Hall–Kier alpha value is -1.81. The molecule has 0 radical (unpaired) electrons. The van der Waals surface area contributed by atoms with Crippen LogP contribution in [-0.4, -0.2) is 7.11 Å². The van der Waals surface area contributed by atoms with Crippen molar-refractivity contribution in [1.82, 2.24) is 0 Å². The summed E-state index contributed by atoms with van der Waals surface area (Å²) in [6.45, 7) is 1.82. The summed E-state index contributed by atoms with van der Waals surface area (Å²) in [6, 6.07) is 6.16. The minimum absolute atomic E-state index is 0.193. The Balaban J connectivity index is 2.40. The molecule has 3 nitrogen and oxygen atoms in total. The lowest BCUT2D eigenvalue weighted by atomic mass is 10.0. The largest absolute Gasteiger partial charge is 0.494 e. The van der Waals surface area contributed by atoms with E-state index in [1.165, 1.54) is 7.11 Å². The quantitative estimate of drug-likeness (QED) is 0.889. The van der Waals surface area contributed by atoms with Crippen LogP contribution in [-0.2, 0) is 0 Å². The van der Waals surface area contributed by atoms with Gasteiger partial charge in [0.05, 0.1) is 19.4 Å². The van der Waals surface area contributed by atoms with Gasteiger partial charge in [-0.2, -0.15) is 0 Å². The summed E-state index contributed by atoms with van der Waals surface area (Å²) in [4.78, 5) is 0. The summed E-state index contributed by atoms with van der Waals surface area (Å²) in [5, 5.41) is 0. The Morgan fingerprint density at radius 1 is 1.41 bits per heavy atom. The lowest BCUT2D eigenvalue weighted by molar-refractivity contribution is 0.383. The van der Waals surface area contributed by atoms with Crippen molar-refractivity contribution >= 4 is 0 Å². The predicted molar refractivity (Wildman–Crippen MR) is 62.4 cm³/mol. The van der Waals surface area contributed by atoms with E-state index in [2.05, 4.69) is 0 Å². The fourth-order valence-electron chi connectivity index (χ4n) is 1.73. The smallest absolute Gasteiger partial charge is 0.170 e. The summed E-state index contributed by atoms with van der Waals surface area (Å²) in [6.07, 6.45) is 1.54. The van der Waals surface area contributed by atoms with Gasteiger partial charge in [-0.3, -0.25) is 0 Å². The first kappa shape index (κ1) is 11.7. The molecule has 1 unspecified atom stereocenters. The molecule has 1 aromatic heterocycles. The Kier molecular flexibility index (Phi) is 3.15. The number of hydrogen-bond acceptors (Lipinski definition) is 3. The second-order valence-electron chi connectivity index (χ2n) is 3.83. The van der Waals surface area contributed by atoms with Crippen LogP contribution in [0.5, 0.6) is 5.75 Å². The maximum atomic E-state index is 14.0. The lowest BCUT2D eigenvalue weighted by Gasteiger charge is -2.12. The first-order chi connectivity index (χ1) is 8.13. The molecule has 1 aromatic carbocycles. The van der Waals surface area contributed by atoms with E-state index in [0.29, 0.717) is 5.56 Å². The number of methoxy groups -OCH3 is 1. The SMILES string of the molecule is COc1cccc(C(N)c2coc(C)c2)c1F. The minimum atomic E-state index is -0.553. The van der Waals surface area contributed by atoms with Crippen molar-refractivity contribution in [3.63, 3.8) is 0 Å². The van der Waals surface area contributed by atoms with Gasteiger partial charge in [0.15, 0.2) is 11.6 Å². The molecule has 0 aliphatic rings. The number of hydrogen-bond donors (Lipinski definition) is 1. The average molecular weight is 235 g/mol. The highest BCUT2D eigenvalue weighted by molar-refractivity contribution is 5.37. The van der Waals surface area contributed by atoms with E-state index in [4.69, 9.17) is 14.9 Å². The van der Waals surface area contributed by atoms with Crippen molar-refractivity contribution in [1.29, 1.82) is 0 Å². The predicted octanol–water partition coefficient (Wildman–Crippen LogP) is 2.78. The molecule has 0 spiro atoms. The van der Waals surface area contributed by atoms with Gasteiger partial charge in [0.2, 0.25) is 0 Å². The van der Waals surface area contributed by atoms with Crippen LogP contribution < -0.4 is 10.5 Å². The number of nitrogens with two attached hydrogens (primary N) is 1. The number of rotatable bonds is 3. The van der Waals surface area contributed by atoms with E-state index < -0.39 is 11.9 Å². The van der Waals surface area contributed by atoms with Gasteiger partial charge in [0.1, 0.15) is 5.76 Å². The van der Waals surface area contributed by atoms with E-state index in [0.717, 1.165) is 11.3 Å². The van der Waals surface area contributed by atoms with Crippen molar-refractivity contribution in [2.45, 2.75) is 13.0 Å². The molecular formula is C13H14FNO2. The highest BCUT2D eigenvalue weighted by Gasteiger charge is 2.17. The topological polar surface area (TPSA) is 48.4 Å². The highest BCUT2D eigenvalue weighted by atomic mass is 19.1. The third-order valence-electron chi connectivity index (χ3n) is 2.66. The molecule has 90 valence electrons. The second kappa shape index (κ2) is 4.59. The van der Waals surface area contributed by atoms with Crippen LogP contribution in [0.3, 0.4) is 0 Å². The third kappa shape index (κ3) is 2.17. The number of ether oxygens (including phenoxy) is 1. The van der Waals surface area contributed by atoms with Gasteiger partial charge in [-0.15, -0.1) is 0 Å². The van der Waals surface area contributed by atoms with E-state index >= 15 is 0 Å². The van der Waals surface area contributed by atoms with E-state index in [1.54, 1.807) is 30.5 Å². The first-order valence-corrected chi connectivity index (χ1v) is 5.26. The monoisotopic (exact) mass is 235 g/mol. The Morgan fingerprint density at radius 3 is 2.76 bits per heavy atom. The van der Waals surface area contributed by atoms with Crippen LogP contribution in [0.4, 0.5) is 4.39 Å². The summed E-state index contributed by atoms with van der Waals surface area (Å²) >= 11 is 0. The molecule has 0 aliphatic heterocycles. The fourth-order valence-corrected chi connectivity index (χ4v) is 1.73. The number of benzene rings is 1. The van der Waals surface area contributed by atoms with E-state index in [-0.39, 0.29) is 5.75 Å². The van der Waals surface area contributed by atoms with Gasteiger partial charge >= 0.3 is 0 Å². The molecule has 1 atom stereocenters. The van der Waals surface area contributed by atoms with Crippen molar-refractivity contribution in [3.8, 4) is 5.75 Å². The van der Waals surface area contributed by atoms with E-state index in [1.807, 2.05) is 6.92 Å². The lowest BCUT2D eigenvalue weighted by Crippen LogP contribution is -2.13. The zero-order chi connectivity index (χ0) is 12.4. The van der Waals surface area contributed by atoms with Crippen LogP contribution in [0, 0.1) is 12.7 Å². The van der Waals surface area contributed by atoms with Crippen molar-refractivity contribution in [2.75, 3.05) is 7.11 Å². The molecule has 0 aliphatic carbocycles. The van der Waals surface area contributed by atoms with Crippen molar-refractivity contribution in [3.05, 3.63) is 53.2 Å². The zero-order valence-corrected chi connectivity index (χ0v) is 9.74.